The van der Waals surface area contributed by atoms with Gasteiger partial charge in [0.15, 0.2) is 5.76 Å². The molecular weight excluding hydrogens is 578 g/mol. The van der Waals surface area contributed by atoms with E-state index in [1.165, 1.54) is 11.1 Å². The molecule has 0 radical (unpaired) electrons. The number of aryl methyl sites for hydroxylation is 1. The lowest BCUT2D eigenvalue weighted by atomic mass is 9.63. The van der Waals surface area contributed by atoms with Crippen molar-refractivity contribution in [1.82, 2.24) is 15.3 Å². The van der Waals surface area contributed by atoms with E-state index in [9.17, 15) is 4.79 Å². The Hall–Kier alpha value is -4.37. The number of hydrogen-bond donors (Lipinski definition) is 3. The molecule has 46 heavy (non-hydrogen) atoms. The molecule has 1 fully saturated rings. The molecule has 3 N–H and O–H groups in total. The Bertz CT molecular complexity index is 1690. The third kappa shape index (κ3) is 7.36. The van der Waals surface area contributed by atoms with Crippen LogP contribution in [0.4, 0.5) is 11.8 Å². The first-order valence-corrected chi connectivity index (χ1v) is 16.3. The summed E-state index contributed by atoms with van der Waals surface area (Å²) >= 11 is 0. The number of carbonyl (C=O) groups is 1. The van der Waals surface area contributed by atoms with Crippen LogP contribution in [0.5, 0.6) is 11.7 Å². The van der Waals surface area contributed by atoms with Gasteiger partial charge in [0.05, 0.1) is 6.10 Å². The van der Waals surface area contributed by atoms with Gasteiger partial charge < -0.3 is 29.8 Å². The molecule has 9 nitrogen and oxygen atoms in total. The molecule has 0 bridgehead atoms. The number of ether oxygens (including phenoxy) is 2. The van der Waals surface area contributed by atoms with Gasteiger partial charge in [-0.3, -0.25) is 4.79 Å². The van der Waals surface area contributed by atoms with E-state index in [2.05, 4.69) is 78.7 Å². The first-order chi connectivity index (χ1) is 22.1. The van der Waals surface area contributed by atoms with Gasteiger partial charge in [-0.25, -0.2) is 4.98 Å². The highest BCUT2D eigenvalue weighted by Gasteiger charge is 2.37. The summed E-state index contributed by atoms with van der Waals surface area (Å²) in [5, 5.41) is 9.59. The van der Waals surface area contributed by atoms with E-state index in [0.717, 1.165) is 60.5 Å². The molecule has 3 heterocycles. The average molecular weight is 624 g/mol. The quantitative estimate of drug-likeness (QED) is 0.156. The lowest BCUT2D eigenvalue weighted by Gasteiger charge is -2.42. The fraction of sp³-hybridized carbons (Fsp3) is 0.432. The standard InChI is InChI=1S/C37H45N5O4/c1-24-18-28-29(37(4,5)15-14-36(28,2)3)20-31(24)46-33-12-11-30(45-33)34(43)40-22-26-9-6-8-25(19-26)21-39-32-13-16-38-35(42-32)41-23-27-10-7-17-44-27/h6,8-9,11-13,16,18-20,27H,7,10,14-15,17,21-23H2,1-5H3,(H,40,43)(H2,38,39,41,42)/t27-/m1/s1. The van der Waals surface area contributed by atoms with Crippen molar-refractivity contribution in [3.8, 4) is 11.7 Å². The molecule has 0 saturated carbocycles. The third-order valence-electron chi connectivity index (χ3n) is 9.25. The van der Waals surface area contributed by atoms with E-state index < -0.39 is 0 Å². The fourth-order valence-electron chi connectivity index (χ4n) is 6.28. The molecule has 242 valence electrons. The first kappa shape index (κ1) is 31.6. The third-order valence-corrected chi connectivity index (χ3v) is 9.25. The van der Waals surface area contributed by atoms with Crippen molar-refractivity contribution < 1.29 is 18.7 Å². The van der Waals surface area contributed by atoms with Crippen LogP contribution >= 0.6 is 0 Å². The Morgan fingerprint density at radius 3 is 2.48 bits per heavy atom. The maximum Gasteiger partial charge on any atom is 0.290 e. The number of nitrogens with one attached hydrogen (secondary N) is 3. The monoisotopic (exact) mass is 623 g/mol. The molecule has 0 spiro atoms. The van der Waals surface area contributed by atoms with Gasteiger partial charge in [-0.05, 0) is 89.5 Å². The summed E-state index contributed by atoms with van der Waals surface area (Å²) in [6, 6.07) is 17.7. The van der Waals surface area contributed by atoms with Crippen LogP contribution in [0.2, 0.25) is 0 Å². The minimum absolute atomic E-state index is 0.0690. The van der Waals surface area contributed by atoms with Crippen molar-refractivity contribution in [2.24, 2.45) is 0 Å². The van der Waals surface area contributed by atoms with Gasteiger partial charge in [0.1, 0.15) is 11.6 Å². The highest BCUT2D eigenvalue weighted by Crippen LogP contribution is 2.48. The van der Waals surface area contributed by atoms with E-state index >= 15 is 0 Å². The van der Waals surface area contributed by atoms with E-state index in [1.807, 2.05) is 24.3 Å². The van der Waals surface area contributed by atoms with Gasteiger partial charge >= 0.3 is 0 Å². The fourth-order valence-corrected chi connectivity index (χ4v) is 6.28. The van der Waals surface area contributed by atoms with E-state index in [0.29, 0.717) is 31.5 Å². The van der Waals surface area contributed by atoms with Crippen LogP contribution in [0.3, 0.4) is 0 Å². The molecule has 2 aromatic carbocycles. The van der Waals surface area contributed by atoms with Crippen molar-refractivity contribution in [1.29, 1.82) is 0 Å². The van der Waals surface area contributed by atoms with Crippen LogP contribution in [0.1, 0.15) is 91.8 Å². The summed E-state index contributed by atoms with van der Waals surface area (Å²) in [5.41, 5.74) is 5.99. The number of aromatic nitrogens is 2. The van der Waals surface area contributed by atoms with Crippen LogP contribution in [0.15, 0.2) is 65.2 Å². The minimum Gasteiger partial charge on any atom is -0.426 e. The van der Waals surface area contributed by atoms with Crippen molar-refractivity contribution in [3.05, 3.63) is 94.4 Å². The molecule has 1 saturated heterocycles. The summed E-state index contributed by atoms with van der Waals surface area (Å²) < 4.78 is 17.7. The Morgan fingerprint density at radius 2 is 1.72 bits per heavy atom. The first-order valence-electron chi connectivity index (χ1n) is 16.3. The van der Waals surface area contributed by atoms with Gasteiger partial charge in [-0.15, -0.1) is 0 Å². The number of nitrogens with zero attached hydrogens (tertiary/aromatic N) is 2. The van der Waals surface area contributed by atoms with E-state index in [4.69, 9.17) is 13.9 Å². The molecule has 4 aromatic rings. The lowest BCUT2D eigenvalue weighted by molar-refractivity contribution is 0.0918. The van der Waals surface area contributed by atoms with Gasteiger partial charge in [-0.2, -0.15) is 4.98 Å². The predicted octanol–water partition coefficient (Wildman–Crippen LogP) is 7.65. The summed E-state index contributed by atoms with van der Waals surface area (Å²) in [4.78, 5) is 21.8. The maximum absolute atomic E-state index is 13.0. The molecular formula is C37H45N5O4. The number of hydrogen-bond acceptors (Lipinski definition) is 8. The number of furan rings is 1. The molecule has 1 aliphatic heterocycles. The van der Waals surface area contributed by atoms with E-state index in [1.54, 1.807) is 18.3 Å². The molecule has 0 unspecified atom stereocenters. The largest absolute Gasteiger partial charge is 0.426 e. The van der Waals surface area contributed by atoms with Gasteiger partial charge in [0, 0.05) is 38.5 Å². The Balaban J connectivity index is 1.02. The molecule has 2 aromatic heterocycles. The van der Waals surface area contributed by atoms with Crippen molar-refractivity contribution in [2.75, 3.05) is 23.8 Å². The van der Waals surface area contributed by atoms with Crippen LogP contribution < -0.4 is 20.7 Å². The highest BCUT2D eigenvalue weighted by molar-refractivity contribution is 5.91. The molecule has 6 rings (SSSR count). The summed E-state index contributed by atoms with van der Waals surface area (Å²) in [5.74, 6) is 2.27. The highest BCUT2D eigenvalue weighted by atomic mass is 16.6. The zero-order valence-electron chi connectivity index (χ0n) is 27.5. The Morgan fingerprint density at radius 1 is 0.957 bits per heavy atom. The second-order valence-corrected chi connectivity index (χ2v) is 13.8. The zero-order chi connectivity index (χ0) is 32.3. The normalized spacial score (nSPS) is 18.1. The Labute approximate surface area is 271 Å². The van der Waals surface area contributed by atoms with E-state index in [-0.39, 0.29) is 28.6 Å². The smallest absolute Gasteiger partial charge is 0.290 e. The zero-order valence-corrected chi connectivity index (χ0v) is 27.5. The van der Waals surface area contributed by atoms with Crippen LogP contribution in [0, 0.1) is 6.92 Å². The minimum atomic E-state index is -0.299. The number of rotatable bonds is 11. The topological polar surface area (TPSA) is 111 Å². The van der Waals surface area contributed by atoms with Crippen LogP contribution in [-0.2, 0) is 28.7 Å². The Kier molecular flexibility index (Phi) is 9.04. The van der Waals surface area contributed by atoms with Gasteiger partial charge in [0.25, 0.3) is 11.9 Å². The predicted molar refractivity (Wildman–Crippen MR) is 180 cm³/mol. The second-order valence-electron chi connectivity index (χ2n) is 13.8. The average Bonchev–Trinajstić information content (AvgIpc) is 3.74. The van der Waals surface area contributed by atoms with Crippen LogP contribution in [0.25, 0.3) is 0 Å². The number of carbonyl (C=O) groups excluding carboxylic acids is 1. The second kappa shape index (κ2) is 13.2. The van der Waals surface area contributed by atoms with Gasteiger partial charge in [-0.1, -0.05) is 58.0 Å². The number of anilines is 2. The summed E-state index contributed by atoms with van der Waals surface area (Å²) in [6.45, 7) is 13.7. The molecule has 1 atom stereocenters. The molecule has 2 aliphatic rings. The molecule has 1 amide bonds. The summed E-state index contributed by atoms with van der Waals surface area (Å²) in [6.07, 6.45) is 6.39. The number of benzene rings is 2. The van der Waals surface area contributed by atoms with Crippen LogP contribution in [-0.4, -0.2) is 35.1 Å². The molecule has 1 aliphatic carbocycles. The van der Waals surface area contributed by atoms with Crippen molar-refractivity contribution >= 4 is 17.7 Å². The van der Waals surface area contributed by atoms with Crippen molar-refractivity contribution in [2.45, 2.75) is 90.3 Å². The summed E-state index contributed by atoms with van der Waals surface area (Å²) in [7, 11) is 0. The SMILES string of the molecule is Cc1cc2c(cc1Oc1ccc(C(=O)NCc3cccc(CNc4ccnc(NC[C@H]5CCCO5)n4)c3)o1)C(C)(C)CCC2(C)C. The van der Waals surface area contributed by atoms with Gasteiger partial charge in [0.2, 0.25) is 5.95 Å². The lowest BCUT2D eigenvalue weighted by Crippen LogP contribution is -2.33. The number of amides is 1. The molecule has 9 heteroatoms. The van der Waals surface area contributed by atoms with Crippen molar-refractivity contribution in [3.63, 3.8) is 0 Å². The number of fused-ring (bicyclic) bond motifs is 1. The maximum atomic E-state index is 13.0.